The Morgan fingerprint density at radius 1 is 0.581 bits per heavy atom. The minimum atomic E-state index is -1.85. The second kappa shape index (κ2) is 6.81. The zero-order chi connectivity index (χ0) is 22.2. The predicted molar refractivity (Wildman–Crippen MR) is 138 cm³/mol. The van der Waals surface area contributed by atoms with Crippen LogP contribution < -0.4 is 0 Å². The second-order valence-corrected chi connectivity index (χ2v) is 15.3. The van der Waals surface area contributed by atoms with E-state index >= 15 is 0 Å². The van der Waals surface area contributed by atoms with E-state index in [0.29, 0.717) is 11.1 Å². The van der Waals surface area contributed by atoms with Gasteiger partial charge < -0.3 is 0 Å². The molecule has 2 aliphatic carbocycles. The van der Waals surface area contributed by atoms with Crippen LogP contribution in [0.15, 0.2) is 54.1 Å². The number of benzene rings is 3. The fourth-order valence-corrected chi connectivity index (χ4v) is 11.7. The Labute approximate surface area is 189 Å². The summed E-state index contributed by atoms with van der Waals surface area (Å²) in [5.74, 6) is 0. The summed E-state index contributed by atoms with van der Waals surface area (Å²) in [7, 11) is -1.85. The van der Waals surface area contributed by atoms with Crippen LogP contribution >= 0.6 is 0 Å². The van der Waals surface area contributed by atoms with Gasteiger partial charge in [-0.05, 0) is 103 Å². The van der Waals surface area contributed by atoms with Crippen LogP contribution in [0.5, 0.6) is 0 Å². The summed E-state index contributed by atoms with van der Waals surface area (Å²) in [5, 5.41) is 0. The molecule has 0 saturated carbocycles. The number of hydrogen-bond acceptors (Lipinski definition) is 0. The minimum absolute atomic E-state index is 0.528. The lowest BCUT2D eigenvalue weighted by Crippen LogP contribution is -2.42. The molecule has 0 aliphatic heterocycles. The molecule has 3 aromatic rings. The molecule has 3 aromatic carbocycles. The van der Waals surface area contributed by atoms with Crippen molar-refractivity contribution in [3.8, 4) is 11.1 Å². The lowest BCUT2D eigenvalue weighted by molar-refractivity contribution is 0.968. The molecule has 0 aromatic heterocycles. The van der Waals surface area contributed by atoms with Crippen LogP contribution in [0.4, 0.5) is 0 Å². The maximum Gasteiger partial charge on any atom is 0.0726 e. The quantitative estimate of drug-likeness (QED) is 0.364. The van der Waals surface area contributed by atoms with Crippen LogP contribution in [0, 0.1) is 27.7 Å². The van der Waals surface area contributed by atoms with Crippen LogP contribution in [-0.4, -0.2) is 8.07 Å². The Bertz CT molecular complexity index is 1230. The highest BCUT2D eigenvalue weighted by atomic mass is 28.3. The summed E-state index contributed by atoms with van der Waals surface area (Å²) in [4.78, 5) is 0. The highest BCUT2D eigenvalue weighted by Crippen LogP contribution is 2.57. The first-order valence-corrected chi connectivity index (χ1v) is 14.8. The molecule has 0 amide bonds. The molecular weight excluding hydrogens is 388 g/mol. The van der Waals surface area contributed by atoms with Gasteiger partial charge in [-0.1, -0.05) is 67.2 Å². The van der Waals surface area contributed by atoms with Crippen molar-refractivity contribution in [2.24, 2.45) is 0 Å². The van der Waals surface area contributed by atoms with Crippen molar-refractivity contribution in [1.29, 1.82) is 0 Å². The van der Waals surface area contributed by atoms with Crippen LogP contribution in [0.25, 0.3) is 16.7 Å². The van der Waals surface area contributed by atoms with Gasteiger partial charge in [0.2, 0.25) is 0 Å². The first-order chi connectivity index (χ1) is 14.7. The molecule has 31 heavy (non-hydrogen) atoms. The van der Waals surface area contributed by atoms with Gasteiger partial charge in [0, 0.05) is 11.1 Å². The lowest BCUT2D eigenvalue weighted by Gasteiger charge is -2.39. The van der Waals surface area contributed by atoms with Crippen molar-refractivity contribution in [1.82, 2.24) is 0 Å². The molecule has 0 spiro atoms. The summed E-state index contributed by atoms with van der Waals surface area (Å²) >= 11 is 0. The van der Waals surface area contributed by atoms with Crippen LogP contribution in [-0.2, 0) is 0 Å². The Kier molecular flexibility index (Phi) is 4.50. The molecule has 1 heteroatoms. The summed E-state index contributed by atoms with van der Waals surface area (Å²) < 4.78 is 0. The maximum absolute atomic E-state index is 2.65. The molecule has 1 atom stereocenters. The van der Waals surface area contributed by atoms with Gasteiger partial charge in [0.05, 0.1) is 8.07 Å². The summed E-state index contributed by atoms with van der Waals surface area (Å²) in [6, 6.07) is 18.3. The van der Waals surface area contributed by atoms with E-state index in [-0.39, 0.29) is 0 Å². The highest BCUT2D eigenvalue weighted by molar-refractivity contribution is 6.82. The number of fused-ring (bicyclic) bond motifs is 4. The molecule has 0 N–H and O–H groups in total. The first-order valence-electron chi connectivity index (χ1n) is 11.6. The molecule has 158 valence electrons. The topological polar surface area (TPSA) is 0 Å². The zero-order valence-electron chi connectivity index (χ0n) is 20.3. The third-order valence-electron chi connectivity index (χ3n) is 8.75. The number of hydrogen-bond donors (Lipinski definition) is 0. The van der Waals surface area contributed by atoms with Gasteiger partial charge in [0.1, 0.15) is 0 Å². The van der Waals surface area contributed by atoms with Gasteiger partial charge in [-0.2, -0.15) is 0 Å². The van der Waals surface area contributed by atoms with Crippen LogP contribution in [0.2, 0.25) is 13.1 Å². The molecule has 0 saturated heterocycles. The monoisotopic (exact) mass is 422 g/mol. The second-order valence-electron chi connectivity index (χ2n) is 10.5. The number of rotatable bonds is 2. The van der Waals surface area contributed by atoms with Crippen LogP contribution in [0.1, 0.15) is 69.4 Å². The largest absolute Gasteiger partial charge is 0.0726 e. The molecule has 0 nitrogen and oxygen atoms in total. The smallest absolute Gasteiger partial charge is 0.0679 e. The van der Waals surface area contributed by atoms with Crippen molar-refractivity contribution >= 4 is 13.6 Å². The van der Waals surface area contributed by atoms with Gasteiger partial charge in [-0.25, -0.2) is 0 Å². The normalized spacial score (nSPS) is 17.7. The zero-order valence-corrected chi connectivity index (χ0v) is 21.3. The van der Waals surface area contributed by atoms with Crippen LogP contribution in [0.3, 0.4) is 0 Å². The molecule has 5 rings (SSSR count). The average molecular weight is 423 g/mol. The van der Waals surface area contributed by atoms with E-state index in [2.05, 4.69) is 103 Å². The van der Waals surface area contributed by atoms with Crippen molar-refractivity contribution in [2.45, 2.75) is 65.7 Å². The Balaban J connectivity index is 1.78. The van der Waals surface area contributed by atoms with E-state index in [4.69, 9.17) is 0 Å². The SMILES string of the molecule is CC1=C(C)C([Si](C)(C)C2c3ccccc3-c3ccccc32)c2c(C)c(C)c(C)c(C)c21. The summed E-state index contributed by atoms with van der Waals surface area (Å²) in [6.07, 6.45) is 0. The fourth-order valence-electron chi connectivity index (χ4n) is 6.87. The van der Waals surface area contributed by atoms with Gasteiger partial charge in [-0.3, -0.25) is 0 Å². The van der Waals surface area contributed by atoms with E-state index in [1.54, 1.807) is 27.8 Å². The minimum Gasteiger partial charge on any atom is -0.0679 e. The fraction of sp³-hybridized carbons (Fsp3) is 0.333. The van der Waals surface area contributed by atoms with E-state index in [1.807, 2.05) is 0 Å². The molecule has 0 bridgehead atoms. The molecule has 0 radical (unpaired) electrons. The lowest BCUT2D eigenvalue weighted by atomic mass is 9.88. The summed E-state index contributed by atoms with van der Waals surface area (Å²) in [5.41, 5.74) is 19.4. The third kappa shape index (κ3) is 2.59. The third-order valence-corrected chi connectivity index (χ3v) is 13.1. The average Bonchev–Trinajstić information content (AvgIpc) is 3.24. The van der Waals surface area contributed by atoms with Gasteiger partial charge in [0.15, 0.2) is 0 Å². The van der Waals surface area contributed by atoms with E-state index in [9.17, 15) is 0 Å². The van der Waals surface area contributed by atoms with Crippen molar-refractivity contribution in [3.63, 3.8) is 0 Å². The van der Waals surface area contributed by atoms with Gasteiger partial charge in [0.25, 0.3) is 0 Å². The maximum atomic E-state index is 2.65. The van der Waals surface area contributed by atoms with E-state index in [0.717, 1.165) is 0 Å². The highest BCUT2D eigenvalue weighted by Gasteiger charge is 2.49. The molecular formula is C30H34Si. The Morgan fingerprint density at radius 3 is 1.61 bits per heavy atom. The Hall–Kier alpha value is -2.38. The standard InChI is InChI=1S/C30H34Si/c1-17-18(2)20(4)28-27(19(17)3)21(5)22(6)29(28)31(7,8)30-25-15-11-9-13-23(25)24-14-10-12-16-26(24)30/h9-16,29-30H,1-8H3. The predicted octanol–water partition coefficient (Wildman–Crippen LogP) is 8.41. The number of allylic oxidation sites excluding steroid dienone is 2. The van der Waals surface area contributed by atoms with Crippen molar-refractivity contribution in [2.75, 3.05) is 0 Å². The molecule has 1 unspecified atom stereocenters. The molecule has 0 fully saturated rings. The first kappa shape index (κ1) is 20.5. The van der Waals surface area contributed by atoms with E-state index < -0.39 is 8.07 Å². The van der Waals surface area contributed by atoms with Gasteiger partial charge in [-0.15, -0.1) is 0 Å². The van der Waals surface area contributed by atoms with Gasteiger partial charge >= 0.3 is 0 Å². The van der Waals surface area contributed by atoms with Crippen molar-refractivity contribution in [3.05, 3.63) is 98.6 Å². The summed E-state index contributed by atoms with van der Waals surface area (Å²) in [6.45, 7) is 19.4. The van der Waals surface area contributed by atoms with E-state index in [1.165, 1.54) is 39.0 Å². The molecule has 0 heterocycles. The van der Waals surface area contributed by atoms with Crippen molar-refractivity contribution < 1.29 is 0 Å². The molecule has 2 aliphatic rings. The Morgan fingerprint density at radius 2 is 1.06 bits per heavy atom.